The van der Waals surface area contributed by atoms with Crippen molar-refractivity contribution in [2.24, 2.45) is 0 Å². The molecule has 2 aromatic carbocycles. The molecule has 0 fully saturated rings. The lowest BCUT2D eigenvalue weighted by Crippen LogP contribution is -2.25. The van der Waals surface area contributed by atoms with Gasteiger partial charge in [0.1, 0.15) is 0 Å². The van der Waals surface area contributed by atoms with Gasteiger partial charge in [-0.15, -0.1) is 0 Å². The fraction of sp³-hybridized carbons (Fsp3) is 0.211. The lowest BCUT2D eigenvalue weighted by Gasteiger charge is -2.15. The van der Waals surface area contributed by atoms with E-state index in [4.69, 9.17) is 11.6 Å². The maximum Gasteiger partial charge on any atom is 0.259 e. The second kappa shape index (κ2) is 7.93. The van der Waals surface area contributed by atoms with Gasteiger partial charge in [0.25, 0.3) is 5.56 Å². The van der Waals surface area contributed by atoms with Gasteiger partial charge in [-0.25, -0.2) is 4.98 Å². The summed E-state index contributed by atoms with van der Waals surface area (Å²) in [6, 6.07) is 12.5. The quantitative estimate of drug-likeness (QED) is 0.502. The van der Waals surface area contributed by atoms with Crippen LogP contribution in [-0.4, -0.2) is 21.1 Å². The number of H-pyrrole nitrogens is 1. The SMILES string of the molecule is CCC(Sc1nc2ccccc2c(=O)[nH]1)C(=O)Nc1cc(Cl)ccc1C. The summed E-state index contributed by atoms with van der Waals surface area (Å²) in [5.74, 6) is -0.154. The van der Waals surface area contributed by atoms with Crippen LogP contribution >= 0.6 is 23.4 Å². The van der Waals surface area contributed by atoms with Crippen LogP contribution in [0.5, 0.6) is 0 Å². The fourth-order valence-corrected chi connectivity index (χ4v) is 3.60. The standard InChI is InChI=1S/C19H18ClN3O2S/c1-3-16(18(25)21-15-10-12(20)9-8-11(15)2)26-19-22-14-7-5-4-6-13(14)17(24)23-19/h4-10,16H,3H2,1-2H3,(H,21,25)(H,22,23,24). The summed E-state index contributed by atoms with van der Waals surface area (Å²) in [5, 5.41) is 4.04. The number of benzene rings is 2. The predicted octanol–water partition coefficient (Wildman–Crippen LogP) is 4.39. The Morgan fingerprint density at radius 2 is 2.08 bits per heavy atom. The molecule has 1 aromatic heterocycles. The molecule has 5 nitrogen and oxygen atoms in total. The Kier molecular flexibility index (Phi) is 5.64. The lowest BCUT2D eigenvalue weighted by atomic mass is 10.2. The first-order valence-electron chi connectivity index (χ1n) is 8.20. The first-order valence-corrected chi connectivity index (χ1v) is 9.46. The molecular formula is C19H18ClN3O2S. The minimum atomic E-state index is -0.391. The smallest absolute Gasteiger partial charge is 0.259 e. The Morgan fingerprint density at radius 1 is 1.31 bits per heavy atom. The van der Waals surface area contributed by atoms with E-state index in [1.54, 1.807) is 30.3 Å². The summed E-state index contributed by atoms with van der Waals surface area (Å²) >= 11 is 7.25. The summed E-state index contributed by atoms with van der Waals surface area (Å²) in [6.07, 6.45) is 0.590. The molecule has 1 amide bonds. The highest BCUT2D eigenvalue weighted by molar-refractivity contribution is 8.00. The zero-order valence-corrected chi connectivity index (χ0v) is 15.9. The highest BCUT2D eigenvalue weighted by atomic mass is 35.5. The molecule has 0 spiro atoms. The van der Waals surface area contributed by atoms with Gasteiger partial charge in [0.2, 0.25) is 5.91 Å². The van der Waals surface area contributed by atoms with Crippen molar-refractivity contribution in [3.05, 3.63) is 63.4 Å². The van der Waals surface area contributed by atoms with Crippen LogP contribution in [0.15, 0.2) is 52.4 Å². The number of para-hydroxylation sites is 1. The molecule has 7 heteroatoms. The van der Waals surface area contributed by atoms with E-state index in [-0.39, 0.29) is 11.5 Å². The minimum Gasteiger partial charge on any atom is -0.325 e. The number of rotatable bonds is 5. The monoisotopic (exact) mass is 387 g/mol. The second-order valence-electron chi connectivity index (χ2n) is 5.85. The van der Waals surface area contributed by atoms with Crippen LogP contribution in [0.3, 0.4) is 0 Å². The maximum atomic E-state index is 12.7. The van der Waals surface area contributed by atoms with Gasteiger partial charge < -0.3 is 10.3 Å². The van der Waals surface area contributed by atoms with Crippen molar-refractivity contribution >= 4 is 45.9 Å². The number of nitrogens with zero attached hydrogens (tertiary/aromatic N) is 1. The van der Waals surface area contributed by atoms with Crippen LogP contribution in [0.25, 0.3) is 10.9 Å². The number of carbonyl (C=O) groups excluding carboxylic acids is 1. The van der Waals surface area contributed by atoms with E-state index in [0.29, 0.717) is 33.2 Å². The Morgan fingerprint density at radius 3 is 2.85 bits per heavy atom. The highest BCUT2D eigenvalue weighted by Gasteiger charge is 2.20. The van der Waals surface area contributed by atoms with E-state index in [9.17, 15) is 9.59 Å². The maximum absolute atomic E-state index is 12.7. The number of aromatic nitrogens is 2. The molecule has 26 heavy (non-hydrogen) atoms. The summed E-state index contributed by atoms with van der Waals surface area (Å²) < 4.78 is 0. The van der Waals surface area contributed by atoms with Crippen LogP contribution in [-0.2, 0) is 4.79 Å². The van der Waals surface area contributed by atoms with Gasteiger partial charge in [-0.2, -0.15) is 0 Å². The molecule has 134 valence electrons. The van der Waals surface area contributed by atoms with Gasteiger partial charge in [0.05, 0.1) is 16.2 Å². The number of hydrogen-bond acceptors (Lipinski definition) is 4. The van der Waals surface area contributed by atoms with Crippen molar-refractivity contribution in [3.8, 4) is 0 Å². The summed E-state index contributed by atoms with van der Waals surface area (Å²) in [5.41, 5.74) is 2.01. The molecule has 1 heterocycles. The van der Waals surface area contributed by atoms with Crippen molar-refractivity contribution in [1.29, 1.82) is 0 Å². The van der Waals surface area contributed by atoms with Crippen LogP contribution in [0.2, 0.25) is 5.02 Å². The molecule has 0 saturated heterocycles. The first-order chi connectivity index (χ1) is 12.5. The molecule has 3 rings (SSSR count). The van der Waals surface area contributed by atoms with E-state index in [2.05, 4.69) is 15.3 Å². The summed E-state index contributed by atoms with van der Waals surface area (Å²) in [6.45, 7) is 3.82. The molecule has 2 N–H and O–H groups in total. The summed E-state index contributed by atoms with van der Waals surface area (Å²) in [7, 11) is 0. The number of fused-ring (bicyclic) bond motifs is 1. The minimum absolute atomic E-state index is 0.154. The van der Waals surface area contributed by atoms with E-state index in [0.717, 1.165) is 5.56 Å². The van der Waals surface area contributed by atoms with E-state index < -0.39 is 5.25 Å². The third-order valence-electron chi connectivity index (χ3n) is 3.97. The molecule has 0 saturated carbocycles. The molecule has 0 bridgehead atoms. The van der Waals surface area contributed by atoms with Gasteiger partial charge in [-0.1, -0.05) is 48.5 Å². The Balaban J connectivity index is 1.82. The van der Waals surface area contributed by atoms with Crippen molar-refractivity contribution in [3.63, 3.8) is 0 Å². The average Bonchev–Trinajstić information content (AvgIpc) is 2.62. The number of aromatic amines is 1. The molecule has 1 unspecified atom stereocenters. The molecule has 0 aliphatic heterocycles. The number of amides is 1. The summed E-state index contributed by atoms with van der Waals surface area (Å²) in [4.78, 5) is 32.1. The van der Waals surface area contributed by atoms with Gasteiger partial charge in [0, 0.05) is 10.7 Å². The van der Waals surface area contributed by atoms with E-state index >= 15 is 0 Å². The molecule has 0 radical (unpaired) electrons. The molecule has 3 aromatic rings. The van der Waals surface area contributed by atoms with Gasteiger partial charge in [-0.3, -0.25) is 9.59 Å². The van der Waals surface area contributed by atoms with Gasteiger partial charge >= 0.3 is 0 Å². The van der Waals surface area contributed by atoms with E-state index in [1.165, 1.54) is 11.8 Å². The van der Waals surface area contributed by atoms with Crippen LogP contribution < -0.4 is 10.9 Å². The largest absolute Gasteiger partial charge is 0.325 e. The number of carbonyl (C=O) groups is 1. The number of nitrogens with one attached hydrogen (secondary N) is 2. The molecular weight excluding hydrogens is 370 g/mol. The fourth-order valence-electron chi connectivity index (χ4n) is 2.52. The Labute approximate surface area is 160 Å². The van der Waals surface area contributed by atoms with Crippen LogP contribution in [0.1, 0.15) is 18.9 Å². The van der Waals surface area contributed by atoms with Crippen molar-refractivity contribution < 1.29 is 4.79 Å². The van der Waals surface area contributed by atoms with Crippen molar-refractivity contribution in [2.75, 3.05) is 5.32 Å². The normalized spacial score (nSPS) is 12.1. The molecule has 1 atom stereocenters. The third-order valence-corrected chi connectivity index (χ3v) is 5.45. The predicted molar refractivity (Wildman–Crippen MR) is 107 cm³/mol. The van der Waals surface area contributed by atoms with Crippen LogP contribution in [0, 0.1) is 6.92 Å². The molecule has 0 aliphatic carbocycles. The van der Waals surface area contributed by atoms with Crippen LogP contribution in [0.4, 0.5) is 5.69 Å². The number of thioether (sulfide) groups is 1. The van der Waals surface area contributed by atoms with Gasteiger partial charge in [-0.05, 0) is 43.2 Å². The topological polar surface area (TPSA) is 74.8 Å². The molecule has 0 aliphatic rings. The number of anilines is 1. The lowest BCUT2D eigenvalue weighted by molar-refractivity contribution is -0.115. The zero-order valence-electron chi connectivity index (χ0n) is 14.4. The second-order valence-corrected chi connectivity index (χ2v) is 7.48. The Hall–Kier alpha value is -2.31. The number of aryl methyl sites for hydroxylation is 1. The zero-order chi connectivity index (χ0) is 18.7. The van der Waals surface area contributed by atoms with Gasteiger partial charge in [0.15, 0.2) is 5.16 Å². The Bertz CT molecular complexity index is 1020. The van der Waals surface area contributed by atoms with Crippen molar-refractivity contribution in [1.82, 2.24) is 9.97 Å². The van der Waals surface area contributed by atoms with E-state index in [1.807, 2.05) is 26.0 Å². The highest BCUT2D eigenvalue weighted by Crippen LogP contribution is 2.26. The third kappa shape index (κ3) is 4.08. The average molecular weight is 388 g/mol. The number of hydrogen-bond donors (Lipinski definition) is 2. The first kappa shape index (κ1) is 18.5. The number of halogens is 1. The van der Waals surface area contributed by atoms with Crippen molar-refractivity contribution in [2.45, 2.75) is 30.7 Å².